The van der Waals surface area contributed by atoms with E-state index in [-0.39, 0.29) is 103 Å². The van der Waals surface area contributed by atoms with Crippen LogP contribution in [0.2, 0.25) is 0 Å². The van der Waals surface area contributed by atoms with Crippen molar-refractivity contribution in [1.29, 1.82) is 0 Å². The fourth-order valence-electron chi connectivity index (χ4n) is 1.84. The van der Waals surface area contributed by atoms with Crippen molar-refractivity contribution in [3.8, 4) is 11.5 Å². The molecule has 0 aromatic heterocycles. The Morgan fingerprint density at radius 3 is 1.65 bits per heavy atom. The third-order valence-electron chi connectivity index (χ3n) is 2.52. The molecule has 2 rings (SSSR count). The Bertz CT molecular complexity index is 913. The first kappa shape index (κ1) is 33.6. The van der Waals surface area contributed by atoms with Crippen molar-refractivity contribution in [3.63, 3.8) is 0 Å². The number of aryl methyl sites for hydroxylation is 1. The molecule has 2 aromatic carbocycles. The fourth-order valence-corrected chi connectivity index (χ4v) is 2.62. The predicted molar refractivity (Wildman–Crippen MR) is 91.7 cm³/mol. The minimum atomic E-state index is -5.01. The molecule has 0 saturated heterocycles. The molecule has 0 unspecified atom stereocenters. The van der Waals surface area contributed by atoms with Crippen LogP contribution in [0.25, 0.3) is 10.8 Å². The molecule has 15 heteroatoms. The molecule has 0 aliphatic rings. The van der Waals surface area contributed by atoms with Gasteiger partial charge >= 0.3 is 0 Å². The second-order valence-corrected chi connectivity index (χ2v) is 6.02. The van der Waals surface area contributed by atoms with Crippen molar-refractivity contribution < 1.29 is 50.7 Å². The summed E-state index contributed by atoms with van der Waals surface area (Å²) in [4.78, 5) is 0. The van der Waals surface area contributed by atoms with Crippen LogP contribution in [0.4, 0.5) is 0 Å². The van der Waals surface area contributed by atoms with Gasteiger partial charge in [-0.2, -0.15) is 0 Å². The van der Waals surface area contributed by atoms with Gasteiger partial charge in [0, 0.05) is 69.9 Å². The standard InChI is InChI=1S/C11H10O8S2.2Na.3H2O/c1-7-6-10(18-20(12,13)14)8-4-2-3-5-9(8)11(7)19-21(15,16)17;;;;;/h2-6H,1H3,(H,12,13,14)(H,15,16,17);;;3*1H2/p-2. The van der Waals surface area contributed by atoms with Gasteiger partial charge in [0.2, 0.25) is 0 Å². The largest absolute Gasteiger partial charge is 0.716 e. The van der Waals surface area contributed by atoms with Crippen molar-refractivity contribution in [2.75, 3.05) is 0 Å². The number of rotatable bonds is 4. The van der Waals surface area contributed by atoms with Crippen molar-refractivity contribution in [3.05, 3.63) is 35.9 Å². The molecule has 0 atom stereocenters. The summed E-state index contributed by atoms with van der Waals surface area (Å²) in [6.07, 6.45) is 0. The van der Waals surface area contributed by atoms with Crippen LogP contribution in [-0.4, -0.2) is 101 Å². The first-order valence-corrected chi connectivity index (χ1v) is 8.06. The summed E-state index contributed by atoms with van der Waals surface area (Å²) in [5, 5.41) is 0.233. The molecule has 11 nitrogen and oxygen atoms in total. The van der Waals surface area contributed by atoms with Crippen molar-refractivity contribution in [2.24, 2.45) is 0 Å². The Morgan fingerprint density at radius 1 is 0.808 bits per heavy atom. The number of fused-ring (bicyclic) bond motifs is 1. The monoisotopic (exact) mass is 432 g/mol. The molecule has 2 radical (unpaired) electrons. The third kappa shape index (κ3) is 9.27. The summed E-state index contributed by atoms with van der Waals surface area (Å²) in [6.45, 7) is 1.37. The number of benzene rings is 2. The SMILES string of the molecule is Cc1cc(OS(=O)(=O)[O-])c2ccccc2c1OS(=O)(=O)[O-].O.O.O.[Na].[Na]. The summed E-state index contributed by atoms with van der Waals surface area (Å²) >= 11 is 0. The molecular weight excluding hydrogens is 418 g/mol. The average Bonchev–Trinajstić information content (AvgIpc) is 2.31. The van der Waals surface area contributed by atoms with E-state index >= 15 is 0 Å². The Hall–Kier alpha value is 0. The molecular formula is C11H14Na2O11S2-2. The second-order valence-electron chi connectivity index (χ2n) is 4.05. The molecule has 6 N–H and O–H groups in total. The fraction of sp³-hybridized carbons (Fsp3) is 0.0909. The minimum absolute atomic E-state index is 0. The van der Waals surface area contributed by atoms with Crippen molar-refractivity contribution >= 4 is 90.7 Å². The minimum Gasteiger partial charge on any atom is -0.716 e. The Kier molecular flexibility index (Phi) is 16.1. The molecule has 0 saturated carbocycles. The maximum Gasteiger partial charge on any atom is 0.262 e. The van der Waals surface area contributed by atoms with Crippen molar-refractivity contribution in [1.82, 2.24) is 0 Å². The molecule has 0 aliphatic carbocycles. The van der Waals surface area contributed by atoms with Crippen LogP contribution in [0.1, 0.15) is 5.56 Å². The zero-order valence-corrected chi connectivity index (χ0v) is 19.6. The van der Waals surface area contributed by atoms with E-state index in [1.807, 2.05) is 0 Å². The molecule has 0 amide bonds. The van der Waals surface area contributed by atoms with Crippen LogP contribution >= 0.6 is 0 Å². The van der Waals surface area contributed by atoms with E-state index in [9.17, 15) is 25.9 Å². The van der Waals surface area contributed by atoms with E-state index in [1.54, 1.807) is 0 Å². The van der Waals surface area contributed by atoms with Crippen LogP contribution in [-0.2, 0) is 20.8 Å². The molecule has 2 aromatic rings. The number of hydrogen-bond acceptors (Lipinski definition) is 8. The normalized spacial score (nSPS) is 9.96. The van der Waals surface area contributed by atoms with Gasteiger partial charge in [0.25, 0.3) is 20.8 Å². The summed E-state index contributed by atoms with van der Waals surface area (Å²) < 4.78 is 73.1. The van der Waals surface area contributed by atoms with E-state index in [4.69, 9.17) is 0 Å². The predicted octanol–water partition coefficient (Wildman–Crippen LogP) is -2.41. The van der Waals surface area contributed by atoms with Gasteiger partial charge in [-0.15, -0.1) is 0 Å². The summed E-state index contributed by atoms with van der Waals surface area (Å²) in [5.41, 5.74) is 0.117. The van der Waals surface area contributed by atoms with E-state index in [2.05, 4.69) is 8.37 Å². The van der Waals surface area contributed by atoms with Crippen LogP contribution in [0.15, 0.2) is 30.3 Å². The van der Waals surface area contributed by atoms with E-state index in [0.717, 1.165) is 6.07 Å². The quantitative estimate of drug-likeness (QED) is 0.286. The maximum absolute atomic E-state index is 10.8. The molecule has 0 aliphatic heterocycles. The van der Waals surface area contributed by atoms with E-state index < -0.39 is 20.8 Å². The Morgan fingerprint density at radius 2 is 1.23 bits per heavy atom. The van der Waals surface area contributed by atoms with Crippen LogP contribution in [0.3, 0.4) is 0 Å². The van der Waals surface area contributed by atoms with Gasteiger partial charge in [-0.3, -0.25) is 0 Å². The summed E-state index contributed by atoms with van der Waals surface area (Å²) in [7, 11) is -10.0. The molecule has 0 spiro atoms. The van der Waals surface area contributed by atoms with Crippen LogP contribution in [0.5, 0.6) is 11.5 Å². The summed E-state index contributed by atoms with van der Waals surface area (Å²) in [5.74, 6) is -0.537. The summed E-state index contributed by atoms with van der Waals surface area (Å²) in [6, 6.07) is 6.91. The van der Waals surface area contributed by atoms with Gasteiger partial charge in [-0.1, -0.05) is 24.3 Å². The topological polar surface area (TPSA) is 227 Å². The Balaban J connectivity index is -0.000000484. The van der Waals surface area contributed by atoms with Crippen LogP contribution in [0, 0.1) is 6.92 Å². The van der Waals surface area contributed by atoms with Gasteiger partial charge in [0.1, 0.15) is 5.75 Å². The first-order valence-electron chi connectivity index (χ1n) is 5.40. The first-order chi connectivity index (χ1) is 9.57. The zero-order chi connectivity index (χ0) is 15.8. The number of hydrogen-bond donors (Lipinski definition) is 0. The molecule has 0 bridgehead atoms. The van der Waals surface area contributed by atoms with Gasteiger partial charge < -0.3 is 33.9 Å². The van der Waals surface area contributed by atoms with E-state index in [0.29, 0.717) is 0 Å². The Labute approximate surface area is 194 Å². The maximum atomic E-state index is 10.8. The third-order valence-corrected chi connectivity index (χ3v) is 3.27. The zero-order valence-electron chi connectivity index (χ0n) is 14.0. The van der Waals surface area contributed by atoms with Gasteiger partial charge in [-0.05, 0) is 18.6 Å². The van der Waals surface area contributed by atoms with Crippen molar-refractivity contribution in [2.45, 2.75) is 6.92 Å². The molecule has 140 valence electrons. The molecule has 26 heavy (non-hydrogen) atoms. The van der Waals surface area contributed by atoms with Gasteiger partial charge in [0.05, 0.1) is 0 Å². The van der Waals surface area contributed by atoms with Crippen LogP contribution < -0.4 is 8.37 Å². The van der Waals surface area contributed by atoms with E-state index in [1.165, 1.54) is 31.2 Å². The average molecular weight is 432 g/mol. The van der Waals surface area contributed by atoms with Gasteiger partial charge in [-0.25, -0.2) is 16.8 Å². The smallest absolute Gasteiger partial charge is 0.262 e. The molecule has 0 heterocycles. The second kappa shape index (κ2) is 12.5. The van der Waals surface area contributed by atoms with Gasteiger partial charge in [0.15, 0.2) is 5.75 Å². The molecule has 0 fully saturated rings.